The van der Waals surface area contributed by atoms with Crippen molar-refractivity contribution in [2.45, 2.75) is 83.0 Å². The van der Waals surface area contributed by atoms with Crippen LogP contribution in [0.5, 0.6) is 5.75 Å². The van der Waals surface area contributed by atoms with Crippen molar-refractivity contribution in [2.75, 3.05) is 18.5 Å². The number of nitrogens with one attached hydrogen (secondary N) is 1. The van der Waals surface area contributed by atoms with Gasteiger partial charge in [0.25, 0.3) is 5.89 Å². The number of anilines is 1. The monoisotopic (exact) mass is 556 g/mol. The molecule has 2 aromatic heterocycles. The summed E-state index contributed by atoms with van der Waals surface area (Å²) in [4.78, 5) is 12.2. The van der Waals surface area contributed by atoms with Crippen molar-refractivity contribution in [3.63, 3.8) is 0 Å². The zero-order valence-electron chi connectivity index (χ0n) is 23.6. The van der Waals surface area contributed by atoms with E-state index >= 15 is 0 Å². The van der Waals surface area contributed by atoms with Crippen molar-refractivity contribution in [3.8, 4) is 28.5 Å². The molecule has 0 unspecified atom stereocenters. The van der Waals surface area contributed by atoms with E-state index < -0.39 is 6.09 Å². The lowest BCUT2D eigenvalue weighted by atomic mass is 9.92. The van der Waals surface area contributed by atoms with Crippen LogP contribution in [0.3, 0.4) is 0 Å². The van der Waals surface area contributed by atoms with E-state index in [0.29, 0.717) is 23.5 Å². The van der Waals surface area contributed by atoms with Crippen LogP contribution in [0.2, 0.25) is 0 Å². The Morgan fingerprint density at radius 2 is 1.78 bits per heavy atom. The zero-order chi connectivity index (χ0) is 27.9. The Morgan fingerprint density at radius 3 is 2.46 bits per heavy atom. The molecule has 2 aromatic carbocycles. The number of carbonyl (C=O) groups is 1. The maximum absolute atomic E-state index is 12.2. The maximum atomic E-state index is 12.2. The van der Waals surface area contributed by atoms with Crippen molar-refractivity contribution in [1.29, 1.82) is 0 Å². The van der Waals surface area contributed by atoms with Crippen molar-refractivity contribution in [1.82, 2.24) is 14.8 Å². The molecule has 9 nitrogen and oxygen atoms in total. The second-order valence-electron chi connectivity index (χ2n) is 11.7. The summed E-state index contributed by atoms with van der Waals surface area (Å²) in [5.41, 5.74) is 4.80. The number of hydrogen-bond donors (Lipinski definition) is 1. The number of fused-ring (bicyclic) bond motifs is 1. The lowest BCUT2D eigenvalue weighted by molar-refractivity contribution is 0.0256. The minimum atomic E-state index is -0.465. The van der Waals surface area contributed by atoms with Crippen LogP contribution in [0.15, 0.2) is 46.9 Å². The Morgan fingerprint density at radius 1 is 1.00 bits per heavy atom. The smallest absolute Gasteiger partial charge is 0.411 e. The number of benzene rings is 2. The standard InChI is InChI=1S/C32H36N4O5/c1-19(2)39-32(37)33-22-10-8-20(9-11-22)29-28(31-35-34-30(41-31)21-6-7-21)26-13-12-25(40-24-14-16-38-17-15-24)18-27(26)36(29)23-4-3-5-23/h8-13,18-19,21,23-24H,3-7,14-17H2,1-2H3,(H,33,37). The van der Waals surface area contributed by atoms with Crippen molar-refractivity contribution in [3.05, 3.63) is 48.4 Å². The highest BCUT2D eigenvalue weighted by atomic mass is 16.6. The summed E-state index contributed by atoms with van der Waals surface area (Å²) in [5, 5.41) is 12.9. The molecule has 214 valence electrons. The molecule has 3 aliphatic rings. The highest BCUT2D eigenvalue weighted by molar-refractivity contribution is 6.03. The summed E-state index contributed by atoms with van der Waals surface area (Å²) in [6.07, 6.45) is 6.91. The van der Waals surface area contributed by atoms with Gasteiger partial charge in [0.1, 0.15) is 11.9 Å². The first-order chi connectivity index (χ1) is 20.0. The molecule has 0 radical (unpaired) electrons. The van der Waals surface area contributed by atoms with Crippen molar-refractivity contribution >= 4 is 22.7 Å². The van der Waals surface area contributed by atoms with Gasteiger partial charge >= 0.3 is 6.09 Å². The lowest BCUT2D eigenvalue weighted by Crippen LogP contribution is -2.25. The summed E-state index contributed by atoms with van der Waals surface area (Å²) >= 11 is 0. The minimum absolute atomic E-state index is 0.159. The Hall–Kier alpha value is -3.85. The summed E-state index contributed by atoms with van der Waals surface area (Å²) in [6.45, 7) is 5.13. The number of amides is 1. The van der Waals surface area contributed by atoms with E-state index in [2.05, 4.69) is 38.3 Å². The van der Waals surface area contributed by atoms with Crippen LogP contribution in [-0.4, -0.2) is 46.3 Å². The molecule has 1 aliphatic heterocycles. The van der Waals surface area contributed by atoms with Gasteiger partial charge in [0, 0.05) is 41.9 Å². The van der Waals surface area contributed by atoms with Crippen LogP contribution in [0.4, 0.5) is 10.5 Å². The van der Waals surface area contributed by atoms with Crippen molar-refractivity contribution < 1.29 is 23.4 Å². The molecule has 0 atom stereocenters. The molecule has 3 heterocycles. The summed E-state index contributed by atoms with van der Waals surface area (Å²) in [7, 11) is 0. The summed E-state index contributed by atoms with van der Waals surface area (Å²) in [5.74, 6) is 2.51. The average molecular weight is 557 g/mol. The third-order valence-corrected chi connectivity index (χ3v) is 8.22. The van der Waals surface area contributed by atoms with Crippen molar-refractivity contribution in [2.24, 2.45) is 0 Å². The second-order valence-corrected chi connectivity index (χ2v) is 11.7. The zero-order valence-corrected chi connectivity index (χ0v) is 23.6. The second kappa shape index (κ2) is 10.9. The van der Waals surface area contributed by atoms with Gasteiger partial charge in [-0.2, -0.15) is 0 Å². The van der Waals surface area contributed by atoms with Gasteiger partial charge in [-0.3, -0.25) is 5.32 Å². The molecular weight excluding hydrogens is 520 g/mol. The molecule has 1 saturated heterocycles. The van der Waals surface area contributed by atoms with Crippen LogP contribution in [-0.2, 0) is 9.47 Å². The minimum Gasteiger partial charge on any atom is -0.490 e. The maximum Gasteiger partial charge on any atom is 0.411 e. The number of carbonyl (C=O) groups excluding carboxylic acids is 1. The van der Waals surface area contributed by atoms with Crippen LogP contribution < -0.4 is 10.1 Å². The van der Waals surface area contributed by atoms with Crippen LogP contribution in [0, 0.1) is 0 Å². The molecule has 7 rings (SSSR count). The number of ether oxygens (including phenoxy) is 3. The molecule has 41 heavy (non-hydrogen) atoms. The van der Waals surface area contributed by atoms with Gasteiger partial charge in [0.15, 0.2) is 0 Å². The molecule has 9 heteroatoms. The van der Waals surface area contributed by atoms with E-state index in [1.54, 1.807) is 0 Å². The van der Waals surface area contributed by atoms with E-state index in [1.807, 2.05) is 38.1 Å². The molecule has 0 bridgehead atoms. The highest BCUT2D eigenvalue weighted by Gasteiger charge is 2.33. The van der Waals surface area contributed by atoms with Gasteiger partial charge in [-0.25, -0.2) is 4.79 Å². The fourth-order valence-corrected chi connectivity index (χ4v) is 5.78. The third kappa shape index (κ3) is 5.30. The number of rotatable bonds is 8. The quantitative estimate of drug-likeness (QED) is 0.240. The highest BCUT2D eigenvalue weighted by Crippen LogP contribution is 2.48. The molecular formula is C32H36N4O5. The van der Waals surface area contributed by atoms with Crippen LogP contribution in [0.25, 0.3) is 33.6 Å². The Bertz CT molecular complexity index is 1540. The van der Waals surface area contributed by atoms with Gasteiger partial charge in [-0.05, 0) is 75.8 Å². The van der Waals surface area contributed by atoms with Gasteiger partial charge in [-0.15, -0.1) is 10.2 Å². The molecule has 3 fully saturated rings. The Kier molecular flexibility index (Phi) is 6.90. The number of aromatic nitrogens is 3. The van der Waals surface area contributed by atoms with Gasteiger partial charge in [0.2, 0.25) is 5.89 Å². The largest absolute Gasteiger partial charge is 0.490 e. The Balaban J connectivity index is 1.33. The number of nitrogens with zero attached hydrogens (tertiary/aromatic N) is 3. The van der Waals surface area contributed by atoms with Crippen LogP contribution in [0.1, 0.15) is 76.6 Å². The lowest BCUT2D eigenvalue weighted by Gasteiger charge is -2.30. The first-order valence-corrected chi connectivity index (χ1v) is 14.9. The Labute approximate surface area is 239 Å². The topological polar surface area (TPSA) is 101 Å². The van der Waals surface area contributed by atoms with Gasteiger partial charge < -0.3 is 23.2 Å². The number of hydrogen-bond acceptors (Lipinski definition) is 7. The van der Waals surface area contributed by atoms with E-state index in [-0.39, 0.29) is 12.2 Å². The fraction of sp³-hybridized carbons (Fsp3) is 0.469. The van der Waals surface area contributed by atoms with Gasteiger partial charge in [0.05, 0.1) is 36.1 Å². The normalized spacial score (nSPS) is 18.0. The van der Waals surface area contributed by atoms with E-state index in [9.17, 15) is 4.79 Å². The third-order valence-electron chi connectivity index (χ3n) is 8.22. The van der Waals surface area contributed by atoms with Crippen LogP contribution >= 0.6 is 0 Å². The van der Waals surface area contributed by atoms with E-state index in [4.69, 9.17) is 18.6 Å². The average Bonchev–Trinajstić information content (AvgIpc) is 3.58. The first kappa shape index (κ1) is 26.1. The molecule has 1 N–H and O–H groups in total. The first-order valence-electron chi connectivity index (χ1n) is 14.9. The molecule has 0 spiro atoms. The predicted molar refractivity (Wildman–Crippen MR) is 155 cm³/mol. The predicted octanol–water partition coefficient (Wildman–Crippen LogP) is 7.48. The molecule has 1 amide bonds. The molecule has 4 aromatic rings. The van der Waals surface area contributed by atoms with E-state index in [1.165, 1.54) is 6.42 Å². The molecule has 2 aliphatic carbocycles. The SMILES string of the molecule is CC(C)OC(=O)Nc1ccc(-c2c(-c3nnc(C4CC4)o3)c3ccc(OC4CCOCC4)cc3n2C2CCC2)cc1. The fourth-order valence-electron chi connectivity index (χ4n) is 5.78. The summed E-state index contributed by atoms with van der Waals surface area (Å²) < 4.78 is 26.0. The van der Waals surface area contributed by atoms with E-state index in [0.717, 1.165) is 91.1 Å². The summed E-state index contributed by atoms with van der Waals surface area (Å²) in [6, 6.07) is 14.6. The molecule has 2 saturated carbocycles. The van der Waals surface area contributed by atoms with Gasteiger partial charge in [-0.1, -0.05) is 12.1 Å².